The summed E-state index contributed by atoms with van der Waals surface area (Å²) >= 11 is 3.37. The van der Waals surface area contributed by atoms with Crippen LogP contribution in [-0.2, 0) is 0 Å². The van der Waals surface area contributed by atoms with Gasteiger partial charge in [0.15, 0.2) is 4.60 Å². The molecule has 5 heteroatoms. The lowest BCUT2D eigenvalue weighted by Crippen LogP contribution is -2.31. The van der Waals surface area contributed by atoms with E-state index in [4.69, 9.17) is 10.3 Å². The normalized spacial score (nSPS) is 24.0. The van der Waals surface area contributed by atoms with E-state index in [0.29, 0.717) is 11.8 Å². The van der Waals surface area contributed by atoms with E-state index in [2.05, 4.69) is 33.0 Å². The van der Waals surface area contributed by atoms with Crippen LogP contribution in [0.1, 0.15) is 24.3 Å². The van der Waals surface area contributed by atoms with Crippen LogP contribution in [0.4, 0.5) is 5.88 Å². The number of nitrogen functional groups attached to an aromatic ring is 1. The summed E-state index contributed by atoms with van der Waals surface area (Å²) in [5.74, 6) is 0.909. The topological polar surface area (TPSA) is 55.3 Å². The highest BCUT2D eigenvalue weighted by Gasteiger charge is 2.25. The van der Waals surface area contributed by atoms with Gasteiger partial charge in [-0.3, -0.25) is 0 Å². The Bertz CT molecular complexity index is 306. The molecular weight excluding hydrogens is 246 g/mol. The number of nitrogens with two attached hydrogens (primary N) is 1. The average Bonchev–Trinajstić information content (AvgIpc) is 2.46. The highest BCUT2D eigenvalue weighted by Crippen LogP contribution is 2.34. The highest BCUT2D eigenvalue weighted by atomic mass is 79.9. The van der Waals surface area contributed by atoms with Crippen molar-refractivity contribution < 1.29 is 4.52 Å². The van der Waals surface area contributed by atoms with Crippen molar-refractivity contribution in [3.63, 3.8) is 0 Å². The molecule has 0 aromatic carbocycles. The zero-order valence-electron chi connectivity index (χ0n) is 8.16. The molecule has 4 nitrogen and oxygen atoms in total. The third-order valence-electron chi connectivity index (χ3n) is 2.74. The van der Waals surface area contributed by atoms with E-state index in [9.17, 15) is 0 Å². The summed E-state index contributed by atoms with van der Waals surface area (Å²) in [5.41, 5.74) is 6.78. The Morgan fingerprint density at radius 3 is 3.00 bits per heavy atom. The summed E-state index contributed by atoms with van der Waals surface area (Å²) in [6, 6.07) is 0. The van der Waals surface area contributed by atoms with Gasteiger partial charge >= 0.3 is 0 Å². The van der Waals surface area contributed by atoms with Crippen molar-refractivity contribution >= 4 is 21.8 Å². The second-order valence-corrected chi connectivity index (χ2v) is 4.60. The molecule has 0 bridgehead atoms. The molecular formula is C9H14BrN3O. The van der Waals surface area contributed by atoms with Crippen molar-refractivity contribution in [3.05, 3.63) is 10.2 Å². The number of likely N-dealkylation sites (tertiary alicyclic amines) is 1. The Hall–Kier alpha value is -0.550. The third kappa shape index (κ3) is 1.79. The van der Waals surface area contributed by atoms with Crippen molar-refractivity contribution in [2.75, 3.05) is 25.9 Å². The van der Waals surface area contributed by atoms with Crippen molar-refractivity contribution in [3.8, 4) is 0 Å². The number of anilines is 1. The second kappa shape index (κ2) is 3.90. The molecule has 1 unspecified atom stereocenters. The maximum atomic E-state index is 5.74. The van der Waals surface area contributed by atoms with Gasteiger partial charge in [0.2, 0.25) is 5.88 Å². The van der Waals surface area contributed by atoms with E-state index in [-0.39, 0.29) is 0 Å². The van der Waals surface area contributed by atoms with Gasteiger partial charge in [0.1, 0.15) is 0 Å². The Morgan fingerprint density at radius 1 is 1.64 bits per heavy atom. The maximum absolute atomic E-state index is 5.74. The van der Waals surface area contributed by atoms with Crippen LogP contribution < -0.4 is 5.73 Å². The van der Waals surface area contributed by atoms with Gasteiger partial charge < -0.3 is 15.2 Å². The zero-order valence-corrected chi connectivity index (χ0v) is 9.75. The van der Waals surface area contributed by atoms with Crippen LogP contribution in [0, 0.1) is 0 Å². The average molecular weight is 260 g/mol. The van der Waals surface area contributed by atoms with Gasteiger partial charge in [0.05, 0.1) is 5.56 Å². The number of hydrogen-bond acceptors (Lipinski definition) is 4. The fraction of sp³-hybridized carbons (Fsp3) is 0.667. The summed E-state index contributed by atoms with van der Waals surface area (Å²) in [4.78, 5) is 2.31. The molecule has 1 aromatic heterocycles. The fourth-order valence-electron chi connectivity index (χ4n) is 2.06. The van der Waals surface area contributed by atoms with Gasteiger partial charge in [-0.25, -0.2) is 0 Å². The first-order valence-corrected chi connectivity index (χ1v) is 5.57. The van der Waals surface area contributed by atoms with Crippen molar-refractivity contribution in [2.24, 2.45) is 0 Å². The molecule has 1 aliphatic rings. The largest absolute Gasteiger partial charge is 0.367 e. The monoisotopic (exact) mass is 259 g/mol. The molecule has 78 valence electrons. The Labute approximate surface area is 91.5 Å². The van der Waals surface area contributed by atoms with Crippen molar-refractivity contribution in [2.45, 2.75) is 18.8 Å². The lowest BCUT2D eigenvalue weighted by molar-refractivity contribution is 0.250. The molecule has 0 aliphatic carbocycles. The van der Waals surface area contributed by atoms with Crippen LogP contribution in [-0.4, -0.2) is 30.2 Å². The molecule has 14 heavy (non-hydrogen) atoms. The van der Waals surface area contributed by atoms with E-state index >= 15 is 0 Å². The summed E-state index contributed by atoms with van der Waals surface area (Å²) in [6.07, 6.45) is 2.37. The number of nitrogens with zero attached hydrogens (tertiary/aromatic N) is 2. The predicted molar refractivity (Wildman–Crippen MR) is 58.1 cm³/mol. The molecule has 2 heterocycles. The molecule has 1 atom stereocenters. The minimum absolute atomic E-state index is 0.453. The van der Waals surface area contributed by atoms with Crippen LogP contribution in [0.5, 0.6) is 0 Å². The molecule has 2 rings (SSSR count). The van der Waals surface area contributed by atoms with Crippen LogP contribution in [0.25, 0.3) is 0 Å². The van der Waals surface area contributed by atoms with Gasteiger partial charge in [-0.2, -0.15) is 0 Å². The third-order valence-corrected chi connectivity index (χ3v) is 3.32. The van der Waals surface area contributed by atoms with Crippen LogP contribution in [0.15, 0.2) is 9.13 Å². The number of hydrogen-bond donors (Lipinski definition) is 1. The van der Waals surface area contributed by atoms with E-state index in [0.717, 1.165) is 23.1 Å². The first kappa shape index (κ1) is 9.98. The van der Waals surface area contributed by atoms with E-state index in [1.165, 1.54) is 13.0 Å². The first-order chi connectivity index (χ1) is 6.68. The molecule has 1 saturated heterocycles. The Kier molecular flexibility index (Phi) is 2.78. The minimum Gasteiger partial charge on any atom is -0.367 e. The van der Waals surface area contributed by atoms with Gasteiger partial charge in [-0.05, 0) is 42.4 Å². The molecule has 1 fully saturated rings. The van der Waals surface area contributed by atoms with Gasteiger partial charge in [0, 0.05) is 12.5 Å². The van der Waals surface area contributed by atoms with Crippen LogP contribution in [0.3, 0.4) is 0 Å². The molecule has 0 spiro atoms. The smallest absolute Gasteiger partial charge is 0.226 e. The van der Waals surface area contributed by atoms with E-state index in [1.54, 1.807) is 0 Å². The molecule has 1 aromatic rings. The Morgan fingerprint density at radius 2 is 2.43 bits per heavy atom. The van der Waals surface area contributed by atoms with Crippen LogP contribution >= 0.6 is 15.9 Å². The highest BCUT2D eigenvalue weighted by molar-refractivity contribution is 9.10. The molecule has 0 saturated carbocycles. The summed E-state index contributed by atoms with van der Waals surface area (Å²) < 4.78 is 5.71. The van der Waals surface area contributed by atoms with Gasteiger partial charge in [-0.1, -0.05) is 5.16 Å². The standard InChI is InChI=1S/C9H14BrN3O/c1-13-4-2-3-6(5-13)7-8(10)12-14-9(7)11/h6H,2-5,11H2,1H3. The molecule has 0 radical (unpaired) electrons. The SMILES string of the molecule is CN1CCCC(c2c(Br)noc2N)C1. The maximum Gasteiger partial charge on any atom is 0.226 e. The van der Waals surface area contributed by atoms with Gasteiger partial charge in [-0.15, -0.1) is 0 Å². The summed E-state index contributed by atoms with van der Waals surface area (Å²) in [6.45, 7) is 2.20. The molecule has 1 aliphatic heterocycles. The van der Waals surface area contributed by atoms with Crippen LogP contribution in [0.2, 0.25) is 0 Å². The van der Waals surface area contributed by atoms with E-state index < -0.39 is 0 Å². The second-order valence-electron chi connectivity index (χ2n) is 3.85. The van der Waals surface area contributed by atoms with E-state index in [1.807, 2.05) is 0 Å². The number of piperidine rings is 1. The first-order valence-electron chi connectivity index (χ1n) is 4.77. The molecule has 2 N–H and O–H groups in total. The number of halogens is 1. The minimum atomic E-state index is 0.453. The lowest BCUT2D eigenvalue weighted by atomic mass is 9.93. The van der Waals surface area contributed by atoms with Crippen molar-refractivity contribution in [1.29, 1.82) is 0 Å². The number of rotatable bonds is 1. The Balaban J connectivity index is 2.21. The number of likely N-dealkylation sites (N-methyl/N-ethyl adjacent to an activating group) is 1. The predicted octanol–water partition coefficient (Wildman–Crippen LogP) is 1.83. The zero-order chi connectivity index (χ0) is 10.1. The fourth-order valence-corrected chi connectivity index (χ4v) is 2.65. The summed E-state index contributed by atoms with van der Waals surface area (Å²) in [7, 11) is 2.13. The number of aromatic nitrogens is 1. The quantitative estimate of drug-likeness (QED) is 0.836. The van der Waals surface area contributed by atoms with Gasteiger partial charge in [0.25, 0.3) is 0 Å². The van der Waals surface area contributed by atoms with Crippen molar-refractivity contribution in [1.82, 2.24) is 10.1 Å². The molecule has 0 amide bonds. The summed E-state index contributed by atoms with van der Waals surface area (Å²) in [5, 5.41) is 3.81. The lowest BCUT2D eigenvalue weighted by Gasteiger charge is -2.29.